The highest BCUT2D eigenvalue weighted by atomic mass is 79.9. The molecule has 0 bridgehead atoms. The van der Waals surface area contributed by atoms with Crippen LogP contribution in [0.2, 0.25) is 0 Å². The van der Waals surface area contributed by atoms with Crippen molar-refractivity contribution in [2.75, 3.05) is 13.7 Å². The van der Waals surface area contributed by atoms with Crippen LogP contribution in [0, 0.1) is 0 Å². The second kappa shape index (κ2) is 4.73. The van der Waals surface area contributed by atoms with Crippen molar-refractivity contribution in [3.63, 3.8) is 0 Å². The van der Waals surface area contributed by atoms with Gasteiger partial charge in [0.15, 0.2) is 0 Å². The average Bonchev–Trinajstić information content (AvgIpc) is 2.21. The summed E-state index contributed by atoms with van der Waals surface area (Å²) in [5.74, 6) is 0. The lowest BCUT2D eigenvalue weighted by molar-refractivity contribution is -0.272. The highest BCUT2D eigenvalue weighted by Crippen LogP contribution is 2.43. The Morgan fingerprint density at radius 3 is 2.25 bits per heavy atom. The fourth-order valence-electron chi connectivity index (χ4n) is 1.48. The molecule has 2 nitrogen and oxygen atoms in total. The quantitative estimate of drug-likeness (QED) is 0.931. The predicted molar refractivity (Wildman–Crippen MR) is 57.9 cm³/mol. The van der Waals surface area contributed by atoms with Gasteiger partial charge in [-0.1, -0.05) is 34.1 Å². The van der Waals surface area contributed by atoms with Crippen molar-refractivity contribution >= 4 is 15.9 Å². The van der Waals surface area contributed by atoms with E-state index in [1.807, 2.05) is 0 Å². The molecule has 0 fully saturated rings. The van der Waals surface area contributed by atoms with Crippen molar-refractivity contribution in [3.8, 4) is 0 Å². The summed E-state index contributed by atoms with van der Waals surface area (Å²) in [6.45, 7) is -0.671. The van der Waals surface area contributed by atoms with Crippen molar-refractivity contribution < 1.29 is 17.9 Å². The highest BCUT2D eigenvalue weighted by Gasteiger charge is 2.56. The van der Waals surface area contributed by atoms with E-state index in [4.69, 9.17) is 5.73 Å². The summed E-state index contributed by atoms with van der Waals surface area (Å²) in [7, 11) is 1.000. The maximum absolute atomic E-state index is 13.0. The van der Waals surface area contributed by atoms with Crippen LogP contribution in [0.4, 0.5) is 13.2 Å². The van der Waals surface area contributed by atoms with Crippen LogP contribution in [0.1, 0.15) is 5.56 Å². The van der Waals surface area contributed by atoms with E-state index in [0.717, 1.165) is 7.11 Å². The van der Waals surface area contributed by atoms with Crippen LogP contribution >= 0.6 is 15.9 Å². The molecule has 1 unspecified atom stereocenters. The second-order valence-corrected chi connectivity index (χ2v) is 4.07. The summed E-state index contributed by atoms with van der Waals surface area (Å²) in [6.07, 6.45) is -4.57. The molecule has 1 atom stereocenters. The van der Waals surface area contributed by atoms with Gasteiger partial charge < -0.3 is 10.5 Å². The number of methoxy groups -OCH3 is 1. The fourth-order valence-corrected chi connectivity index (χ4v) is 2.08. The third-order valence-electron chi connectivity index (χ3n) is 2.40. The molecule has 1 aromatic rings. The number of hydrogen-bond donors (Lipinski definition) is 1. The van der Waals surface area contributed by atoms with E-state index in [2.05, 4.69) is 20.7 Å². The third kappa shape index (κ3) is 2.09. The summed E-state index contributed by atoms with van der Waals surface area (Å²) >= 11 is 3.07. The molecule has 0 spiro atoms. The number of nitrogens with two attached hydrogens (primary N) is 1. The smallest absolute Gasteiger partial charge is 0.363 e. The Balaban J connectivity index is 3.38. The van der Waals surface area contributed by atoms with Crippen LogP contribution in [0.3, 0.4) is 0 Å². The minimum atomic E-state index is -4.57. The second-order valence-electron chi connectivity index (χ2n) is 3.21. The lowest BCUT2D eigenvalue weighted by atomic mass is 9.93. The molecule has 0 heterocycles. The molecular weight excluding hydrogens is 287 g/mol. The van der Waals surface area contributed by atoms with Gasteiger partial charge in [0.25, 0.3) is 0 Å². The van der Waals surface area contributed by atoms with Crippen LogP contribution in [-0.2, 0) is 10.3 Å². The van der Waals surface area contributed by atoms with E-state index in [-0.39, 0.29) is 5.56 Å². The van der Waals surface area contributed by atoms with Crippen molar-refractivity contribution in [3.05, 3.63) is 34.3 Å². The van der Waals surface area contributed by atoms with Crippen LogP contribution in [0.25, 0.3) is 0 Å². The Morgan fingerprint density at radius 2 is 1.88 bits per heavy atom. The summed E-state index contributed by atoms with van der Waals surface area (Å²) in [5, 5.41) is 0. The van der Waals surface area contributed by atoms with E-state index in [1.54, 1.807) is 6.07 Å². The maximum atomic E-state index is 13.0. The topological polar surface area (TPSA) is 35.2 Å². The molecular formula is C10H11BrF3NO. The van der Waals surface area contributed by atoms with Crippen LogP contribution in [0.15, 0.2) is 28.7 Å². The van der Waals surface area contributed by atoms with Gasteiger partial charge in [-0.3, -0.25) is 0 Å². The molecule has 16 heavy (non-hydrogen) atoms. The van der Waals surface area contributed by atoms with Crippen LogP contribution in [0.5, 0.6) is 0 Å². The highest BCUT2D eigenvalue weighted by molar-refractivity contribution is 9.10. The molecule has 0 saturated carbocycles. The molecule has 90 valence electrons. The van der Waals surface area contributed by atoms with E-state index in [0.29, 0.717) is 4.47 Å². The first kappa shape index (κ1) is 13.5. The fraction of sp³-hybridized carbons (Fsp3) is 0.400. The maximum Gasteiger partial charge on any atom is 0.422 e. The van der Waals surface area contributed by atoms with E-state index < -0.39 is 18.3 Å². The summed E-state index contributed by atoms with van der Waals surface area (Å²) in [6, 6.07) is 5.99. The summed E-state index contributed by atoms with van der Waals surface area (Å²) in [4.78, 5) is 0. The number of rotatable bonds is 3. The lowest BCUT2D eigenvalue weighted by Gasteiger charge is -2.34. The molecule has 0 amide bonds. The third-order valence-corrected chi connectivity index (χ3v) is 3.09. The predicted octanol–water partition coefficient (Wildman–Crippen LogP) is 2.81. The first-order valence-corrected chi connectivity index (χ1v) is 5.25. The zero-order valence-corrected chi connectivity index (χ0v) is 10.1. The van der Waals surface area contributed by atoms with Crippen molar-refractivity contribution in [1.82, 2.24) is 0 Å². The molecule has 0 aliphatic rings. The van der Waals surface area contributed by atoms with Crippen molar-refractivity contribution in [1.29, 1.82) is 0 Å². The summed E-state index contributed by atoms with van der Waals surface area (Å²) < 4.78 is 44.0. The van der Waals surface area contributed by atoms with E-state index in [1.165, 1.54) is 18.2 Å². The van der Waals surface area contributed by atoms with Gasteiger partial charge in [0.1, 0.15) is 0 Å². The number of ether oxygens (including phenoxy) is 1. The zero-order chi connectivity index (χ0) is 12.4. The normalized spacial score (nSPS) is 15.9. The van der Waals surface area contributed by atoms with Gasteiger partial charge in [-0.05, 0) is 6.07 Å². The van der Waals surface area contributed by atoms with Crippen molar-refractivity contribution in [2.45, 2.75) is 11.8 Å². The molecule has 1 rings (SSSR count). The van der Waals surface area contributed by atoms with E-state index >= 15 is 0 Å². The molecule has 2 N–H and O–H groups in total. The minimum Gasteiger partial charge on any atom is -0.363 e. The number of halogens is 4. The average molecular weight is 298 g/mol. The largest absolute Gasteiger partial charge is 0.422 e. The number of alkyl halides is 3. The molecule has 0 saturated heterocycles. The zero-order valence-electron chi connectivity index (χ0n) is 8.51. The minimum absolute atomic E-state index is 0.0208. The van der Waals surface area contributed by atoms with Gasteiger partial charge in [-0.2, -0.15) is 13.2 Å². The van der Waals surface area contributed by atoms with Gasteiger partial charge in [0.2, 0.25) is 5.60 Å². The van der Waals surface area contributed by atoms with Gasteiger partial charge in [-0.15, -0.1) is 0 Å². The Labute approximate surface area is 99.7 Å². The lowest BCUT2D eigenvalue weighted by Crippen LogP contribution is -2.50. The standard InChI is InChI=1S/C10H11BrF3NO/c1-16-9(6-15,10(12,13)14)7-4-2-3-5-8(7)11/h2-5H,6,15H2,1H3. The Bertz CT molecular complexity index is 363. The Kier molecular flexibility index (Phi) is 3.98. The molecule has 1 aromatic carbocycles. The number of hydrogen-bond acceptors (Lipinski definition) is 2. The van der Waals surface area contributed by atoms with Gasteiger partial charge in [0, 0.05) is 23.7 Å². The van der Waals surface area contributed by atoms with Gasteiger partial charge in [0.05, 0.1) is 0 Å². The van der Waals surface area contributed by atoms with Crippen LogP contribution < -0.4 is 5.73 Å². The molecule has 0 aliphatic carbocycles. The Morgan fingerprint density at radius 1 is 1.31 bits per heavy atom. The molecule has 6 heteroatoms. The van der Waals surface area contributed by atoms with Gasteiger partial charge >= 0.3 is 6.18 Å². The first-order valence-electron chi connectivity index (χ1n) is 4.46. The summed E-state index contributed by atoms with van der Waals surface area (Å²) in [5.41, 5.74) is 2.75. The van der Waals surface area contributed by atoms with Crippen molar-refractivity contribution in [2.24, 2.45) is 5.73 Å². The number of benzene rings is 1. The van der Waals surface area contributed by atoms with Gasteiger partial charge in [-0.25, -0.2) is 0 Å². The first-order chi connectivity index (χ1) is 7.39. The van der Waals surface area contributed by atoms with Crippen LogP contribution in [-0.4, -0.2) is 19.8 Å². The molecule has 0 aliphatic heterocycles. The molecule has 0 aromatic heterocycles. The SMILES string of the molecule is COC(CN)(c1ccccc1Br)C(F)(F)F. The Hall–Kier alpha value is -0.590. The molecule has 0 radical (unpaired) electrons. The monoisotopic (exact) mass is 297 g/mol. The van der Waals surface area contributed by atoms with E-state index in [9.17, 15) is 13.2 Å².